The van der Waals surface area contributed by atoms with Crippen molar-refractivity contribution in [3.8, 4) is 0 Å². The number of carbonyl (C=O) groups excluding carboxylic acids is 1. The van der Waals surface area contributed by atoms with Crippen molar-refractivity contribution in [2.45, 2.75) is 13.8 Å². The lowest BCUT2D eigenvalue weighted by atomic mass is 10.5. The fourth-order valence-electron chi connectivity index (χ4n) is 0.301. The highest BCUT2D eigenvalue weighted by Crippen LogP contribution is 1.79. The molecule has 0 amide bonds. The highest BCUT2D eigenvalue weighted by molar-refractivity contribution is 7.74. The van der Waals surface area contributed by atoms with Gasteiger partial charge in [-0.25, -0.2) is 4.79 Å². The lowest BCUT2D eigenvalue weighted by Gasteiger charge is -1.95. The molecule has 0 saturated heterocycles. The largest absolute Gasteiger partial charge is 0.462 e. The van der Waals surface area contributed by atoms with E-state index in [1.165, 1.54) is 6.92 Å². The van der Waals surface area contributed by atoms with Crippen LogP contribution in [0.4, 0.5) is 0 Å². The molecule has 5 heteroatoms. The molecule has 0 fully saturated rings. The minimum Gasteiger partial charge on any atom is -0.462 e. The van der Waals surface area contributed by atoms with E-state index in [0.29, 0.717) is 0 Å². The van der Waals surface area contributed by atoms with Gasteiger partial charge in [0, 0.05) is 0 Å². The summed E-state index contributed by atoms with van der Waals surface area (Å²) in [6.45, 7) is 2.99. The molecule has 0 heterocycles. The second kappa shape index (κ2) is 4.05. The monoisotopic (exact) mass is 164 g/mol. The Morgan fingerprint density at radius 3 is 2.30 bits per heavy atom. The predicted molar refractivity (Wildman–Crippen MR) is 36.2 cm³/mol. The zero-order valence-corrected chi connectivity index (χ0v) is 6.56. The van der Waals surface area contributed by atoms with Crippen LogP contribution >= 0.6 is 0 Å². The second-order valence-corrected chi connectivity index (χ2v) is 2.59. The first-order valence-electron chi connectivity index (χ1n) is 2.69. The van der Waals surface area contributed by atoms with Crippen LogP contribution in [0.1, 0.15) is 13.8 Å². The van der Waals surface area contributed by atoms with E-state index in [4.69, 9.17) is 0 Å². The smallest absolute Gasteiger partial charge is 0.349 e. The number of hydrogen-bond donors (Lipinski definition) is 0. The van der Waals surface area contributed by atoms with Crippen LogP contribution in [0.25, 0.3) is 0 Å². The molecule has 10 heavy (non-hydrogen) atoms. The topological polar surface area (TPSA) is 60.4 Å². The van der Waals surface area contributed by atoms with E-state index in [1.807, 2.05) is 0 Å². The number of carbonyl (C=O) groups is 1. The molecule has 0 radical (unpaired) electrons. The molecule has 0 aromatic heterocycles. The Morgan fingerprint density at radius 1 is 1.50 bits per heavy atom. The minimum atomic E-state index is -2.45. The molecular formula is C5H8O4S. The summed E-state index contributed by atoms with van der Waals surface area (Å²) >= 11 is 0. The van der Waals surface area contributed by atoms with Gasteiger partial charge in [0.2, 0.25) is 10.3 Å². The summed E-state index contributed by atoms with van der Waals surface area (Å²) in [5.41, 5.74) is 0. The highest BCUT2D eigenvalue weighted by atomic mass is 32.2. The van der Waals surface area contributed by atoms with Crippen molar-refractivity contribution in [1.29, 1.82) is 0 Å². The quantitative estimate of drug-likeness (QED) is 0.412. The maximum absolute atomic E-state index is 10.5. The first kappa shape index (κ1) is 9.16. The molecule has 0 rings (SSSR count). The second-order valence-electron chi connectivity index (χ2n) is 1.51. The number of esters is 1. The third kappa shape index (κ3) is 2.63. The van der Waals surface area contributed by atoms with Gasteiger partial charge in [-0.1, -0.05) is 0 Å². The summed E-state index contributed by atoms with van der Waals surface area (Å²) in [6.07, 6.45) is 0. The summed E-state index contributed by atoms with van der Waals surface area (Å²) < 4.78 is 24.6. The molecule has 0 unspecified atom stereocenters. The van der Waals surface area contributed by atoms with Crippen molar-refractivity contribution in [3.63, 3.8) is 0 Å². The summed E-state index contributed by atoms with van der Waals surface area (Å²) in [5.74, 6) is -0.782. The Bertz CT molecular complexity index is 241. The number of ether oxygens (including phenoxy) is 1. The third-order valence-corrected chi connectivity index (χ3v) is 1.48. The summed E-state index contributed by atoms with van der Waals surface area (Å²) in [6, 6.07) is 0. The molecule has 0 bridgehead atoms. The molecule has 0 aliphatic rings. The lowest BCUT2D eigenvalue weighted by Crippen LogP contribution is -2.14. The standard InChI is InChI=1S/C5H8O4S/c1-3-9-5(6)4(2)10(7)8/h3H2,1-2H3. The van der Waals surface area contributed by atoms with E-state index in [0.717, 1.165) is 0 Å². The van der Waals surface area contributed by atoms with Gasteiger partial charge in [0.1, 0.15) is 0 Å². The molecular weight excluding hydrogens is 156 g/mol. The average molecular weight is 164 g/mol. The zero-order chi connectivity index (χ0) is 8.15. The average Bonchev–Trinajstić information content (AvgIpc) is 1.87. The van der Waals surface area contributed by atoms with Crippen molar-refractivity contribution in [2.24, 2.45) is 0 Å². The lowest BCUT2D eigenvalue weighted by molar-refractivity contribution is -0.134. The van der Waals surface area contributed by atoms with Gasteiger partial charge >= 0.3 is 5.97 Å². The van der Waals surface area contributed by atoms with Gasteiger partial charge in [-0.3, -0.25) is 0 Å². The van der Waals surface area contributed by atoms with Gasteiger partial charge in [-0.15, -0.1) is 0 Å². The number of rotatable bonds is 2. The van der Waals surface area contributed by atoms with Crippen LogP contribution < -0.4 is 0 Å². The molecule has 58 valence electrons. The third-order valence-electron chi connectivity index (χ3n) is 0.813. The van der Waals surface area contributed by atoms with Crippen LogP contribution in [0.15, 0.2) is 0 Å². The van der Waals surface area contributed by atoms with Gasteiger partial charge in [0.15, 0.2) is 4.86 Å². The minimum absolute atomic E-state index is 0.188. The summed E-state index contributed by atoms with van der Waals surface area (Å²) in [4.78, 5) is 10.2. The van der Waals surface area contributed by atoms with E-state index in [2.05, 4.69) is 4.74 Å². The van der Waals surface area contributed by atoms with Gasteiger partial charge < -0.3 is 4.74 Å². The van der Waals surface area contributed by atoms with Crippen LogP contribution in [0.3, 0.4) is 0 Å². The Balaban J connectivity index is 4.39. The van der Waals surface area contributed by atoms with Crippen molar-refractivity contribution < 1.29 is 17.9 Å². The first-order chi connectivity index (χ1) is 4.59. The molecule has 0 spiro atoms. The van der Waals surface area contributed by atoms with Crippen LogP contribution in [-0.2, 0) is 19.8 Å². The van der Waals surface area contributed by atoms with Gasteiger partial charge in [0.05, 0.1) is 6.61 Å². The van der Waals surface area contributed by atoms with Gasteiger partial charge in [0.25, 0.3) is 0 Å². The fourth-order valence-corrected chi connectivity index (χ4v) is 0.496. The van der Waals surface area contributed by atoms with E-state index >= 15 is 0 Å². The van der Waals surface area contributed by atoms with Gasteiger partial charge in [-0.05, 0) is 13.8 Å². The van der Waals surface area contributed by atoms with Crippen molar-refractivity contribution in [1.82, 2.24) is 0 Å². The molecule has 0 aliphatic heterocycles. The highest BCUT2D eigenvalue weighted by Gasteiger charge is 2.06. The molecule has 0 aliphatic carbocycles. The molecule has 4 nitrogen and oxygen atoms in total. The molecule has 0 atom stereocenters. The van der Waals surface area contributed by atoms with Crippen LogP contribution in [0.2, 0.25) is 0 Å². The molecule has 0 aromatic rings. The van der Waals surface area contributed by atoms with E-state index in [-0.39, 0.29) is 11.5 Å². The normalized spacial score (nSPS) is 8.60. The summed E-state index contributed by atoms with van der Waals surface area (Å²) in [5, 5.41) is 0. The first-order valence-corrected chi connectivity index (χ1v) is 3.77. The molecule has 0 aromatic carbocycles. The van der Waals surface area contributed by atoms with E-state index in [9.17, 15) is 13.2 Å². The summed E-state index contributed by atoms with van der Waals surface area (Å²) in [7, 11) is -2.45. The van der Waals surface area contributed by atoms with Gasteiger partial charge in [-0.2, -0.15) is 8.42 Å². The van der Waals surface area contributed by atoms with Crippen LogP contribution in [0, 0.1) is 0 Å². The molecule has 0 N–H and O–H groups in total. The maximum Gasteiger partial charge on any atom is 0.349 e. The Morgan fingerprint density at radius 2 is 2.00 bits per heavy atom. The van der Waals surface area contributed by atoms with E-state index in [1.54, 1.807) is 6.92 Å². The number of hydrogen-bond acceptors (Lipinski definition) is 4. The Kier molecular flexibility index (Phi) is 3.71. The molecule has 0 saturated carbocycles. The fraction of sp³-hybridized carbons (Fsp3) is 0.600. The predicted octanol–water partition coefficient (Wildman–Crippen LogP) is -0.379. The Labute approximate surface area is 60.3 Å². The zero-order valence-electron chi connectivity index (χ0n) is 5.75. The van der Waals surface area contributed by atoms with Crippen LogP contribution in [-0.4, -0.2) is 25.9 Å². The van der Waals surface area contributed by atoms with Crippen molar-refractivity contribution >= 4 is 21.1 Å². The van der Waals surface area contributed by atoms with E-state index < -0.39 is 16.3 Å². The van der Waals surface area contributed by atoms with Crippen LogP contribution in [0.5, 0.6) is 0 Å². The van der Waals surface area contributed by atoms with Crippen molar-refractivity contribution in [3.05, 3.63) is 0 Å². The maximum atomic E-state index is 10.5. The van der Waals surface area contributed by atoms with Crippen molar-refractivity contribution in [2.75, 3.05) is 6.61 Å². The Hall–Kier alpha value is -0.840. The SMILES string of the molecule is CCOC(=O)C(C)=S(=O)=O.